The molecule has 0 atom stereocenters. The van der Waals surface area contributed by atoms with Crippen LogP contribution in [0.25, 0.3) is 0 Å². The number of benzene rings is 1. The van der Waals surface area contributed by atoms with Crippen LogP contribution in [0.15, 0.2) is 28.8 Å². The van der Waals surface area contributed by atoms with Crippen LogP contribution in [0.5, 0.6) is 5.75 Å². The van der Waals surface area contributed by atoms with E-state index in [1.165, 1.54) is 0 Å². The van der Waals surface area contributed by atoms with Crippen molar-refractivity contribution in [1.82, 2.24) is 19.9 Å². The first kappa shape index (κ1) is 18.2. The molecule has 0 spiro atoms. The second-order valence-corrected chi connectivity index (χ2v) is 6.66. The second-order valence-electron chi connectivity index (χ2n) is 6.25. The molecule has 1 aliphatic rings. The number of piperazine rings is 1. The predicted octanol–water partition coefficient (Wildman–Crippen LogP) is 2.87. The number of hydrogen-bond donors (Lipinski definition) is 0. The van der Waals surface area contributed by atoms with Crippen molar-refractivity contribution in [3.63, 3.8) is 0 Å². The summed E-state index contributed by atoms with van der Waals surface area (Å²) in [6.45, 7) is 8.43. The number of aromatic nitrogens is 2. The number of rotatable bonds is 8. The van der Waals surface area contributed by atoms with Crippen LogP contribution < -0.4 is 4.74 Å². The van der Waals surface area contributed by atoms with Gasteiger partial charge < -0.3 is 9.26 Å². The van der Waals surface area contributed by atoms with Gasteiger partial charge in [-0.1, -0.05) is 35.8 Å². The summed E-state index contributed by atoms with van der Waals surface area (Å²) in [5.74, 6) is 2.29. The highest BCUT2D eigenvalue weighted by molar-refractivity contribution is 6.32. The van der Waals surface area contributed by atoms with Crippen LogP contribution in [-0.2, 0) is 13.0 Å². The summed E-state index contributed by atoms with van der Waals surface area (Å²) in [5.41, 5.74) is 0. The quantitative estimate of drug-likeness (QED) is 0.718. The lowest BCUT2D eigenvalue weighted by Crippen LogP contribution is -2.47. The monoisotopic (exact) mass is 364 g/mol. The first-order chi connectivity index (χ1) is 12.2. The van der Waals surface area contributed by atoms with Gasteiger partial charge in [-0.15, -0.1) is 0 Å². The number of ether oxygens (including phenoxy) is 1. The SMILES string of the molecule is CCCc1noc(CN2CCN(CCOc3ccccc3Cl)CC2)n1. The molecule has 0 saturated carbocycles. The average Bonchev–Trinajstić information content (AvgIpc) is 3.06. The first-order valence-electron chi connectivity index (χ1n) is 8.88. The minimum absolute atomic E-state index is 0.647. The Kier molecular flexibility index (Phi) is 6.67. The molecule has 0 aliphatic carbocycles. The summed E-state index contributed by atoms with van der Waals surface area (Å²) < 4.78 is 11.1. The van der Waals surface area contributed by atoms with Gasteiger partial charge in [0.2, 0.25) is 5.89 Å². The van der Waals surface area contributed by atoms with Crippen molar-refractivity contribution >= 4 is 11.6 Å². The third-order valence-electron chi connectivity index (χ3n) is 4.31. The standard InChI is InChI=1S/C18H25ClN4O2/c1-2-5-17-20-18(25-21-17)14-23-10-8-22(9-11-23)12-13-24-16-7-4-3-6-15(16)19/h3-4,6-7H,2,5,8-14H2,1H3. The van der Waals surface area contributed by atoms with Crippen molar-refractivity contribution in [3.05, 3.63) is 41.0 Å². The molecule has 136 valence electrons. The highest BCUT2D eigenvalue weighted by atomic mass is 35.5. The van der Waals surface area contributed by atoms with Gasteiger partial charge in [0.25, 0.3) is 0 Å². The molecule has 1 aliphatic heterocycles. The summed E-state index contributed by atoms with van der Waals surface area (Å²) in [6.07, 6.45) is 1.91. The lowest BCUT2D eigenvalue weighted by molar-refractivity contribution is 0.104. The smallest absolute Gasteiger partial charge is 0.240 e. The van der Waals surface area contributed by atoms with E-state index in [0.29, 0.717) is 11.6 Å². The maximum Gasteiger partial charge on any atom is 0.240 e. The van der Waals surface area contributed by atoms with E-state index in [2.05, 4.69) is 26.9 Å². The molecule has 0 bridgehead atoms. The Morgan fingerprint density at radius 2 is 1.92 bits per heavy atom. The van der Waals surface area contributed by atoms with Gasteiger partial charge in [-0.2, -0.15) is 4.98 Å². The van der Waals surface area contributed by atoms with Gasteiger partial charge in [0.05, 0.1) is 11.6 Å². The van der Waals surface area contributed by atoms with Gasteiger partial charge in [0.15, 0.2) is 5.82 Å². The van der Waals surface area contributed by atoms with Crippen LogP contribution >= 0.6 is 11.6 Å². The Hall–Kier alpha value is -1.63. The van der Waals surface area contributed by atoms with Crippen molar-refractivity contribution in [2.24, 2.45) is 0 Å². The molecule has 1 aromatic heterocycles. The summed E-state index contributed by atoms with van der Waals surface area (Å²) in [4.78, 5) is 9.20. The number of aryl methyl sites for hydroxylation is 1. The van der Waals surface area contributed by atoms with E-state index < -0.39 is 0 Å². The van der Waals surface area contributed by atoms with Gasteiger partial charge in [0, 0.05) is 39.1 Å². The van der Waals surface area contributed by atoms with Crippen molar-refractivity contribution in [2.75, 3.05) is 39.3 Å². The van der Waals surface area contributed by atoms with E-state index in [9.17, 15) is 0 Å². The van der Waals surface area contributed by atoms with Gasteiger partial charge in [0.1, 0.15) is 12.4 Å². The fourth-order valence-electron chi connectivity index (χ4n) is 2.89. The summed E-state index contributed by atoms with van der Waals surface area (Å²) in [6, 6.07) is 7.59. The molecule has 0 N–H and O–H groups in total. The molecule has 7 heteroatoms. The third-order valence-corrected chi connectivity index (χ3v) is 4.62. The van der Waals surface area contributed by atoms with Crippen LogP contribution in [0, 0.1) is 0 Å². The van der Waals surface area contributed by atoms with Crippen molar-refractivity contribution in [1.29, 1.82) is 0 Å². The molecule has 1 fully saturated rings. The average molecular weight is 365 g/mol. The Balaban J connectivity index is 1.36. The van der Waals surface area contributed by atoms with E-state index in [4.69, 9.17) is 20.9 Å². The lowest BCUT2D eigenvalue weighted by atomic mass is 10.3. The van der Waals surface area contributed by atoms with Crippen molar-refractivity contribution in [3.8, 4) is 5.75 Å². The Labute approximate surface area is 153 Å². The fourth-order valence-corrected chi connectivity index (χ4v) is 3.08. The molecule has 3 rings (SSSR count). The Morgan fingerprint density at radius 3 is 2.68 bits per heavy atom. The fraction of sp³-hybridized carbons (Fsp3) is 0.556. The van der Waals surface area contributed by atoms with Crippen LogP contribution in [0.2, 0.25) is 5.02 Å². The predicted molar refractivity (Wildman–Crippen MR) is 97.0 cm³/mol. The van der Waals surface area contributed by atoms with E-state index in [-0.39, 0.29) is 0 Å². The molecule has 6 nitrogen and oxygen atoms in total. The molecule has 1 saturated heterocycles. The maximum absolute atomic E-state index is 6.10. The molecule has 2 aromatic rings. The molecule has 1 aromatic carbocycles. The number of nitrogens with zero attached hydrogens (tertiary/aromatic N) is 4. The van der Waals surface area contributed by atoms with E-state index >= 15 is 0 Å². The van der Waals surface area contributed by atoms with Crippen LogP contribution in [0.1, 0.15) is 25.1 Å². The summed E-state index contributed by atoms with van der Waals surface area (Å²) in [7, 11) is 0. The van der Waals surface area contributed by atoms with Gasteiger partial charge in [-0.25, -0.2) is 0 Å². The number of para-hydroxylation sites is 1. The highest BCUT2D eigenvalue weighted by Crippen LogP contribution is 2.22. The zero-order chi connectivity index (χ0) is 17.5. The minimum atomic E-state index is 0.647. The van der Waals surface area contributed by atoms with Gasteiger partial charge in [-0.3, -0.25) is 9.80 Å². The van der Waals surface area contributed by atoms with Crippen molar-refractivity contribution < 1.29 is 9.26 Å². The highest BCUT2D eigenvalue weighted by Gasteiger charge is 2.19. The molecular formula is C18H25ClN4O2. The van der Waals surface area contributed by atoms with Gasteiger partial charge >= 0.3 is 0 Å². The Morgan fingerprint density at radius 1 is 1.16 bits per heavy atom. The molecule has 0 amide bonds. The molecule has 0 unspecified atom stereocenters. The topological polar surface area (TPSA) is 54.6 Å². The van der Waals surface area contributed by atoms with Crippen LogP contribution in [0.3, 0.4) is 0 Å². The molecule has 2 heterocycles. The Bertz CT molecular complexity index is 656. The minimum Gasteiger partial charge on any atom is -0.491 e. The van der Waals surface area contributed by atoms with Crippen LogP contribution in [-0.4, -0.2) is 59.3 Å². The van der Waals surface area contributed by atoms with E-state index in [1.807, 2.05) is 24.3 Å². The summed E-state index contributed by atoms with van der Waals surface area (Å²) >= 11 is 6.10. The van der Waals surface area contributed by atoms with Crippen LogP contribution in [0.4, 0.5) is 0 Å². The van der Waals surface area contributed by atoms with Gasteiger partial charge in [-0.05, 0) is 18.6 Å². The maximum atomic E-state index is 6.10. The zero-order valence-electron chi connectivity index (χ0n) is 14.7. The molecular weight excluding hydrogens is 340 g/mol. The lowest BCUT2D eigenvalue weighted by Gasteiger charge is -2.33. The van der Waals surface area contributed by atoms with E-state index in [1.54, 1.807) is 0 Å². The number of hydrogen-bond acceptors (Lipinski definition) is 6. The zero-order valence-corrected chi connectivity index (χ0v) is 15.4. The summed E-state index contributed by atoms with van der Waals surface area (Å²) in [5, 5.41) is 4.67. The van der Waals surface area contributed by atoms with E-state index in [0.717, 1.165) is 69.6 Å². The third kappa shape index (κ3) is 5.42. The largest absolute Gasteiger partial charge is 0.491 e. The molecule has 0 radical (unpaired) electrons. The molecule has 25 heavy (non-hydrogen) atoms. The first-order valence-corrected chi connectivity index (χ1v) is 9.26. The normalized spacial score (nSPS) is 16.2. The van der Waals surface area contributed by atoms with Crippen molar-refractivity contribution in [2.45, 2.75) is 26.3 Å². The number of halogens is 1. The second kappa shape index (κ2) is 9.17.